The van der Waals surface area contributed by atoms with Gasteiger partial charge in [0.1, 0.15) is 34.5 Å². The van der Waals surface area contributed by atoms with Crippen LogP contribution in [0.25, 0.3) is 54.9 Å². The number of hydrogen-bond acceptors (Lipinski definition) is 10. The SMILES string of the molecule is COc1cc(C)cc2c(-c3c(O)cc(O)c4c3CC(C)NC4C)cc(-c3cc(-c4c(O)c(O)cc5c4CC(C)NC5C)c4cc(C)cc(OC)c4c3O)c(O)c12. The van der Waals surface area contributed by atoms with Crippen molar-refractivity contribution in [1.82, 2.24) is 10.6 Å². The summed E-state index contributed by atoms with van der Waals surface area (Å²) in [6.07, 6.45) is 1.06. The van der Waals surface area contributed by atoms with Crippen molar-refractivity contribution in [3.05, 3.63) is 81.9 Å². The highest BCUT2D eigenvalue weighted by molar-refractivity contribution is 6.13. The van der Waals surface area contributed by atoms with Gasteiger partial charge in [0, 0.05) is 58.1 Å². The topological polar surface area (TPSA) is 164 Å². The summed E-state index contributed by atoms with van der Waals surface area (Å²) in [6.45, 7) is 11.9. The van der Waals surface area contributed by atoms with Crippen LogP contribution in [0, 0.1) is 13.8 Å². The Labute approximate surface area is 325 Å². The Hall–Kier alpha value is -5.84. The van der Waals surface area contributed by atoms with Crippen LogP contribution in [0.2, 0.25) is 0 Å². The van der Waals surface area contributed by atoms with E-state index in [-0.39, 0.29) is 69.8 Å². The molecule has 2 aliphatic heterocycles. The van der Waals surface area contributed by atoms with Crippen LogP contribution in [0.4, 0.5) is 0 Å². The van der Waals surface area contributed by atoms with Crippen molar-refractivity contribution in [3.8, 4) is 79.4 Å². The summed E-state index contributed by atoms with van der Waals surface area (Å²) in [5.41, 5.74) is 7.32. The molecule has 4 unspecified atom stereocenters. The minimum Gasteiger partial charge on any atom is -0.507 e. The third kappa shape index (κ3) is 5.61. The van der Waals surface area contributed by atoms with Crippen LogP contribution in [-0.2, 0) is 12.8 Å². The van der Waals surface area contributed by atoms with Gasteiger partial charge in [0.25, 0.3) is 0 Å². The number of aryl methyl sites for hydroxylation is 2. The zero-order valence-corrected chi connectivity index (χ0v) is 32.8. The Bertz CT molecular complexity index is 2630. The summed E-state index contributed by atoms with van der Waals surface area (Å²) in [5.74, 6) is -0.282. The van der Waals surface area contributed by atoms with E-state index in [2.05, 4.69) is 24.5 Å². The summed E-state index contributed by atoms with van der Waals surface area (Å²) in [4.78, 5) is 0. The molecule has 0 amide bonds. The molecule has 8 N–H and O–H groups in total. The molecule has 2 aliphatic rings. The van der Waals surface area contributed by atoms with Crippen molar-refractivity contribution >= 4 is 21.5 Å². The number of fused-ring (bicyclic) bond motifs is 4. The zero-order chi connectivity index (χ0) is 40.1. The van der Waals surface area contributed by atoms with Crippen LogP contribution in [0.5, 0.6) is 46.0 Å². The number of methoxy groups -OCH3 is 2. The highest BCUT2D eigenvalue weighted by atomic mass is 16.5. The van der Waals surface area contributed by atoms with Gasteiger partial charge in [-0.15, -0.1) is 0 Å². The molecule has 0 aliphatic carbocycles. The second kappa shape index (κ2) is 13.4. The average molecular weight is 757 g/mol. The van der Waals surface area contributed by atoms with Crippen LogP contribution in [-0.4, -0.2) is 56.9 Å². The van der Waals surface area contributed by atoms with Gasteiger partial charge in [-0.1, -0.05) is 12.1 Å². The van der Waals surface area contributed by atoms with Gasteiger partial charge in [-0.25, -0.2) is 0 Å². The molecule has 0 radical (unpaired) electrons. The van der Waals surface area contributed by atoms with Crippen molar-refractivity contribution in [3.63, 3.8) is 0 Å². The smallest absolute Gasteiger partial charge is 0.165 e. The van der Waals surface area contributed by atoms with E-state index in [1.165, 1.54) is 20.3 Å². The maximum atomic E-state index is 12.5. The Morgan fingerprint density at radius 3 is 1.55 bits per heavy atom. The molecule has 0 aromatic heterocycles. The molecule has 0 spiro atoms. The molecule has 0 saturated carbocycles. The molecule has 290 valence electrons. The van der Waals surface area contributed by atoms with Crippen LogP contribution in [0.1, 0.15) is 73.2 Å². The molecule has 6 aromatic carbocycles. The minimum absolute atomic E-state index is 0.0162. The van der Waals surface area contributed by atoms with Crippen LogP contribution < -0.4 is 20.1 Å². The monoisotopic (exact) mass is 756 g/mol. The summed E-state index contributed by atoms with van der Waals surface area (Å²) in [6, 6.07) is 13.7. The number of rotatable bonds is 5. The number of hydrogen-bond donors (Lipinski definition) is 8. The second-order valence-electron chi connectivity index (χ2n) is 15.8. The van der Waals surface area contributed by atoms with E-state index in [0.717, 1.165) is 27.8 Å². The average Bonchev–Trinajstić information content (AvgIpc) is 3.13. The fourth-order valence-electron chi connectivity index (χ4n) is 9.51. The van der Waals surface area contributed by atoms with E-state index in [0.29, 0.717) is 73.7 Å². The van der Waals surface area contributed by atoms with E-state index in [9.17, 15) is 30.6 Å². The number of aromatic hydroxyl groups is 6. The van der Waals surface area contributed by atoms with Gasteiger partial charge in [0.15, 0.2) is 11.5 Å². The third-order valence-corrected chi connectivity index (χ3v) is 11.7. The lowest BCUT2D eigenvalue weighted by molar-refractivity contribution is 0.396. The summed E-state index contributed by atoms with van der Waals surface area (Å²) >= 11 is 0. The molecule has 0 saturated heterocycles. The molecule has 10 nitrogen and oxygen atoms in total. The number of phenolic OH excluding ortho intramolecular Hbond substituents is 6. The number of nitrogens with one attached hydrogen (secondary N) is 2. The maximum absolute atomic E-state index is 12.5. The normalized spacial score (nSPS) is 19.2. The largest absolute Gasteiger partial charge is 0.507 e. The Kier molecular flexibility index (Phi) is 8.89. The zero-order valence-electron chi connectivity index (χ0n) is 32.8. The Morgan fingerprint density at radius 2 is 1.02 bits per heavy atom. The molecule has 2 heterocycles. The summed E-state index contributed by atoms with van der Waals surface area (Å²) < 4.78 is 11.8. The van der Waals surface area contributed by atoms with Gasteiger partial charge >= 0.3 is 0 Å². The predicted octanol–water partition coefficient (Wildman–Crippen LogP) is 9.05. The Morgan fingerprint density at radius 1 is 0.518 bits per heavy atom. The first kappa shape index (κ1) is 37.1. The number of ether oxygens (including phenoxy) is 2. The quantitative estimate of drug-likeness (QED) is 0.0797. The molecule has 0 bridgehead atoms. The van der Waals surface area contributed by atoms with E-state index in [1.54, 1.807) is 18.2 Å². The second-order valence-corrected chi connectivity index (χ2v) is 15.8. The van der Waals surface area contributed by atoms with E-state index in [4.69, 9.17) is 9.47 Å². The molecule has 6 aromatic rings. The van der Waals surface area contributed by atoms with Gasteiger partial charge in [-0.3, -0.25) is 0 Å². The molecule has 10 heteroatoms. The molecular formula is C46H48N2O8. The molecule has 8 rings (SSSR count). The lowest BCUT2D eigenvalue weighted by Crippen LogP contribution is -2.36. The first-order valence-electron chi connectivity index (χ1n) is 19.0. The third-order valence-electron chi connectivity index (χ3n) is 11.7. The molecular weight excluding hydrogens is 709 g/mol. The standard InChI is InChI=1S/C46H48N2O8/c1-19-9-26-29(40-33-14-22(4)48-24(6)39(33)34(49)18-35(40)50)15-31(44(52)42(26)37(11-19)55-7)32-16-30(27-10-20(2)12-38(56-8)43(27)45(32)53)41-28-13-21(3)47-23(5)25(28)17-36(51)46(41)54/h9-12,15-18,21-24,47-54H,13-14H2,1-8H3. The first-order chi connectivity index (χ1) is 26.6. The van der Waals surface area contributed by atoms with Crippen molar-refractivity contribution in [2.75, 3.05) is 14.2 Å². The lowest BCUT2D eigenvalue weighted by Gasteiger charge is -2.32. The minimum atomic E-state index is -0.290. The highest BCUT2D eigenvalue weighted by Crippen LogP contribution is 2.56. The predicted molar refractivity (Wildman–Crippen MR) is 220 cm³/mol. The van der Waals surface area contributed by atoms with Gasteiger partial charge in [0.05, 0.1) is 25.0 Å². The molecule has 4 atom stereocenters. The van der Waals surface area contributed by atoms with E-state index >= 15 is 0 Å². The summed E-state index contributed by atoms with van der Waals surface area (Å²) in [7, 11) is 3.05. The Balaban J connectivity index is 1.56. The first-order valence-corrected chi connectivity index (χ1v) is 19.0. The maximum Gasteiger partial charge on any atom is 0.165 e. The number of phenols is 6. The van der Waals surface area contributed by atoms with E-state index < -0.39 is 0 Å². The van der Waals surface area contributed by atoms with Gasteiger partial charge in [0.2, 0.25) is 0 Å². The van der Waals surface area contributed by atoms with Gasteiger partial charge in [-0.2, -0.15) is 0 Å². The fraction of sp³-hybridized carbons (Fsp3) is 0.304. The van der Waals surface area contributed by atoms with E-state index in [1.807, 2.05) is 52.0 Å². The van der Waals surface area contributed by atoms with Crippen molar-refractivity contribution in [2.24, 2.45) is 0 Å². The van der Waals surface area contributed by atoms with Crippen molar-refractivity contribution in [2.45, 2.75) is 78.6 Å². The molecule has 56 heavy (non-hydrogen) atoms. The molecule has 0 fully saturated rings. The van der Waals surface area contributed by atoms with Crippen LogP contribution >= 0.6 is 0 Å². The van der Waals surface area contributed by atoms with Crippen molar-refractivity contribution in [1.29, 1.82) is 0 Å². The fourth-order valence-corrected chi connectivity index (χ4v) is 9.51. The van der Waals surface area contributed by atoms with Crippen LogP contribution in [0.3, 0.4) is 0 Å². The van der Waals surface area contributed by atoms with Gasteiger partial charge < -0.3 is 50.7 Å². The number of benzene rings is 6. The summed E-state index contributed by atoms with van der Waals surface area (Å²) in [5, 5.41) is 79.7. The highest BCUT2D eigenvalue weighted by Gasteiger charge is 2.33. The van der Waals surface area contributed by atoms with Crippen molar-refractivity contribution < 1.29 is 40.1 Å². The van der Waals surface area contributed by atoms with Gasteiger partial charge in [-0.05, 0) is 134 Å². The van der Waals surface area contributed by atoms with Crippen LogP contribution in [0.15, 0.2) is 48.5 Å². The lowest BCUT2D eigenvalue weighted by atomic mass is 9.80.